The smallest absolute Gasteiger partial charge is 0.257 e. The highest BCUT2D eigenvalue weighted by atomic mass is 19.1. The molecule has 0 saturated carbocycles. The Morgan fingerprint density at radius 3 is 1.96 bits per heavy atom. The Morgan fingerprint density at radius 2 is 1.38 bits per heavy atom. The molecule has 4 nitrogen and oxygen atoms in total. The number of nitrogens with one attached hydrogen (secondary N) is 1. The van der Waals surface area contributed by atoms with E-state index in [0.29, 0.717) is 24.7 Å². The topological polar surface area (TPSA) is 47.6 Å². The van der Waals surface area contributed by atoms with Crippen LogP contribution in [0.1, 0.15) is 12.8 Å². The summed E-state index contributed by atoms with van der Waals surface area (Å²) in [6.45, 7) is 0.893. The second-order valence-electron chi connectivity index (χ2n) is 5.10. The zero-order valence-corrected chi connectivity index (χ0v) is 13.1. The van der Waals surface area contributed by atoms with E-state index in [4.69, 9.17) is 9.47 Å². The summed E-state index contributed by atoms with van der Waals surface area (Å²) in [5, 5.41) is 2.73. The normalized spacial score (nSPS) is 10.2. The second-order valence-corrected chi connectivity index (χ2v) is 5.10. The van der Waals surface area contributed by atoms with Crippen molar-refractivity contribution in [2.24, 2.45) is 0 Å². The largest absolute Gasteiger partial charge is 0.494 e. The second kappa shape index (κ2) is 9.50. The molecule has 128 valence electrons. The molecule has 0 aliphatic carbocycles. The first-order valence-electron chi connectivity index (χ1n) is 7.67. The molecule has 0 spiro atoms. The highest BCUT2D eigenvalue weighted by Crippen LogP contribution is 2.12. The van der Waals surface area contributed by atoms with Crippen LogP contribution in [-0.4, -0.2) is 25.7 Å². The molecule has 6 heteroatoms. The number of carbonyl (C=O) groups excluding carboxylic acids is 1. The van der Waals surface area contributed by atoms with Gasteiger partial charge in [0.2, 0.25) is 0 Å². The SMILES string of the molecule is O=C(COc1ccc(F)cc1)NCCCCOc1ccc(F)cc1. The van der Waals surface area contributed by atoms with E-state index in [9.17, 15) is 13.6 Å². The van der Waals surface area contributed by atoms with Gasteiger partial charge in [0.05, 0.1) is 6.61 Å². The Hall–Kier alpha value is -2.63. The van der Waals surface area contributed by atoms with Gasteiger partial charge in [-0.3, -0.25) is 4.79 Å². The van der Waals surface area contributed by atoms with E-state index in [1.165, 1.54) is 36.4 Å². The van der Waals surface area contributed by atoms with Gasteiger partial charge in [0, 0.05) is 6.54 Å². The van der Waals surface area contributed by atoms with Crippen molar-refractivity contribution < 1.29 is 23.0 Å². The van der Waals surface area contributed by atoms with Crippen LogP contribution in [0.4, 0.5) is 8.78 Å². The number of hydrogen-bond acceptors (Lipinski definition) is 3. The van der Waals surface area contributed by atoms with E-state index in [2.05, 4.69) is 5.32 Å². The van der Waals surface area contributed by atoms with Crippen molar-refractivity contribution in [3.05, 3.63) is 60.2 Å². The lowest BCUT2D eigenvalue weighted by Crippen LogP contribution is -2.29. The molecule has 0 heterocycles. The summed E-state index contributed by atoms with van der Waals surface area (Å²) < 4.78 is 36.1. The Balaban J connectivity index is 1.51. The van der Waals surface area contributed by atoms with Crippen LogP contribution in [0.25, 0.3) is 0 Å². The number of halogens is 2. The average molecular weight is 335 g/mol. The molecule has 0 fully saturated rings. The third-order valence-corrected chi connectivity index (χ3v) is 3.16. The summed E-state index contributed by atoms with van der Waals surface area (Å²) in [6.07, 6.45) is 1.51. The van der Waals surface area contributed by atoms with Crippen LogP contribution in [-0.2, 0) is 4.79 Å². The third-order valence-electron chi connectivity index (χ3n) is 3.16. The fourth-order valence-electron chi connectivity index (χ4n) is 1.91. The third kappa shape index (κ3) is 6.64. The van der Waals surface area contributed by atoms with Crippen molar-refractivity contribution in [3.8, 4) is 11.5 Å². The van der Waals surface area contributed by atoms with Gasteiger partial charge in [0.25, 0.3) is 5.91 Å². The summed E-state index contributed by atoms with van der Waals surface area (Å²) >= 11 is 0. The number of rotatable bonds is 9. The summed E-state index contributed by atoms with van der Waals surface area (Å²) in [6, 6.07) is 11.3. The van der Waals surface area contributed by atoms with Gasteiger partial charge in [-0.2, -0.15) is 0 Å². The van der Waals surface area contributed by atoms with Gasteiger partial charge in [0.1, 0.15) is 23.1 Å². The van der Waals surface area contributed by atoms with Crippen LogP contribution in [0.3, 0.4) is 0 Å². The zero-order valence-electron chi connectivity index (χ0n) is 13.1. The first-order chi connectivity index (χ1) is 11.6. The lowest BCUT2D eigenvalue weighted by molar-refractivity contribution is -0.123. The summed E-state index contributed by atoms with van der Waals surface area (Å²) in [5.41, 5.74) is 0. The van der Waals surface area contributed by atoms with Crippen LogP contribution in [0, 0.1) is 11.6 Å². The van der Waals surface area contributed by atoms with Gasteiger partial charge < -0.3 is 14.8 Å². The number of carbonyl (C=O) groups is 1. The Bertz CT molecular complexity index is 630. The molecule has 24 heavy (non-hydrogen) atoms. The minimum atomic E-state index is -0.352. The zero-order chi connectivity index (χ0) is 17.2. The molecule has 2 rings (SSSR count). The van der Waals surface area contributed by atoms with Gasteiger partial charge in [-0.1, -0.05) is 0 Å². The van der Waals surface area contributed by atoms with E-state index < -0.39 is 0 Å². The summed E-state index contributed by atoms with van der Waals surface area (Å²) in [5.74, 6) is 0.175. The predicted molar refractivity (Wildman–Crippen MR) is 86.0 cm³/mol. The summed E-state index contributed by atoms with van der Waals surface area (Å²) in [7, 11) is 0. The quantitative estimate of drug-likeness (QED) is 0.715. The molecule has 2 aromatic carbocycles. The van der Waals surface area contributed by atoms with Crippen LogP contribution in [0.15, 0.2) is 48.5 Å². The maximum absolute atomic E-state index is 12.7. The van der Waals surface area contributed by atoms with Gasteiger partial charge >= 0.3 is 0 Å². The van der Waals surface area contributed by atoms with E-state index in [0.717, 1.165) is 12.8 Å². The van der Waals surface area contributed by atoms with E-state index in [1.54, 1.807) is 12.1 Å². The fraction of sp³-hybridized carbons (Fsp3) is 0.278. The average Bonchev–Trinajstić information content (AvgIpc) is 2.59. The first kappa shape index (κ1) is 17.7. The van der Waals surface area contributed by atoms with Gasteiger partial charge in [0.15, 0.2) is 6.61 Å². The van der Waals surface area contributed by atoms with Gasteiger partial charge in [-0.05, 0) is 61.4 Å². The maximum Gasteiger partial charge on any atom is 0.257 e. The maximum atomic E-state index is 12.7. The lowest BCUT2D eigenvalue weighted by Gasteiger charge is -2.08. The van der Waals surface area contributed by atoms with Crippen molar-refractivity contribution in [1.82, 2.24) is 5.32 Å². The van der Waals surface area contributed by atoms with Crippen molar-refractivity contribution in [2.45, 2.75) is 12.8 Å². The number of ether oxygens (including phenoxy) is 2. The lowest BCUT2D eigenvalue weighted by atomic mass is 10.3. The number of benzene rings is 2. The fourth-order valence-corrected chi connectivity index (χ4v) is 1.91. The molecular weight excluding hydrogens is 316 g/mol. The van der Waals surface area contributed by atoms with Crippen LogP contribution >= 0.6 is 0 Å². The molecule has 1 amide bonds. The van der Waals surface area contributed by atoms with Crippen molar-refractivity contribution in [2.75, 3.05) is 19.8 Å². The summed E-state index contributed by atoms with van der Waals surface area (Å²) in [4.78, 5) is 11.6. The first-order valence-corrected chi connectivity index (χ1v) is 7.67. The Kier molecular flexibility index (Phi) is 7.01. The van der Waals surface area contributed by atoms with Gasteiger partial charge in [-0.15, -0.1) is 0 Å². The molecule has 0 aromatic heterocycles. The Morgan fingerprint density at radius 1 is 0.833 bits per heavy atom. The van der Waals surface area contributed by atoms with E-state index in [1.807, 2.05) is 0 Å². The Labute approximate surface area is 139 Å². The molecule has 0 bridgehead atoms. The molecule has 0 aliphatic heterocycles. The highest BCUT2D eigenvalue weighted by Gasteiger charge is 2.02. The van der Waals surface area contributed by atoms with Crippen LogP contribution < -0.4 is 14.8 Å². The van der Waals surface area contributed by atoms with Crippen LogP contribution in [0.5, 0.6) is 11.5 Å². The van der Waals surface area contributed by atoms with E-state index in [-0.39, 0.29) is 24.1 Å². The van der Waals surface area contributed by atoms with Crippen molar-refractivity contribution in [1.29, 1.82) is 0 Å². The van der Waals surface area contributed by atoms with Crippen molar-refractivity contribution in [3.63, 3.8) is 0 Å². The molecule has 0 radical (unpaired) electrons. The standard InChI is InChI=1S/C18H19F2NO3/c19-14-3-7-16(8-4-14)23-12-2-1-11-21-18(22)13-24-17-9-5-15(20)6-10-17/h3-10H,1-2,11-13H2,(H,21,22). The van der Waals surface area contributed by atoms with Crippen LogP contribution in [0.2, 0.25) is 0 Å². The minimum Gasteiger partial charge on any atom is -0.494 e. The molecule has 1 N–H and O–H groups in total. The number of amides is 1. The van der Waals surface area contributed by atoms with E-state index >= 15 is 0 Å². The molecule has 0 aliphatic rings. The van der Waals surface area contributed by atoms with Crippen molar-refractivity contribution >= 4 is 5.91 Å². The molecule has 0 saturated heterocycles. The highest BCUT2D eigenvalue weighted by molar-refractivity contribution is 5.77. The van der Waals surface area contributed by atoms with Gasteiger partial charge in [-0.25, -0.2) is 8.78 Å². The predicted octanol–water partition coefficient (Wildman–Crippen LogP) is 3.32. The number of unbranched alkanes of at least 4 members (excludes halogenated alkanes) is 1. The molecule has 0 unspecified atom stereocenters. The molecule has 2 aromatic rings. The number of hydrogen-bond donors (Lipinski definition) is 1. The minimum absolute atomic E-state index is 0.113. The monoisotopic (exact) mass is 335 g/mol. The molecule has 0 atom stereocenters. The molecular formula is C18H19F2NO3.